The van der Waals surface area contributed by atoms with Gasteiger partial charge in [0.15, 0.2) is 0 Å². The molecule has 0 aromatic heterocycles. The van der Waals surface area contributed by atoms with Crippen molar-refractivity contribution in [3.05, 3.63) is 0 Å². The predicted molar refractivity (Wildman–Crippen MR) is 88.3 cm³/mol. The molecule has 0 saturated heterocycles. The maximum Gasteiger partial charge on any atom is 0.0594 e. The Hall–Kier alpha value is -0.0800. The first kappa shape index (κ1) is 15.4. The molecule has 2 N–H and O–H groups in total. The van der Waals surface area contributed by atoms with Crippen molar-refractivity contribution in [2.45, 2.75) is 84.3 Å². The molecule has 0 aromatic carbocycles. The van der Waals surface area contributed by atoms with E-state index in [0.29, 0.717) is 23.2 Å². The summed E-state index contributed by atoms with van der Waals surface area (Å²) in [6.07, 6.45) is 9.53. The molecule has 0 radical (unpaired) electrons. The minimum absolute atomic E-state index is 0.0371. The molecule has 8 atom stereocenters. The molecule has 4 fully saturated rings. The van der Waals surface area contributed by atoms with Crippen molar-refractivity contribution >= 4 is 0 Å². The standard InChI is InChI=1S/C20H34O2/c1-19(2)17-8-7-13-12-5-4-6-14(12)16(21)11-15(13)20(17,3)10-9-18(19)22/h12-18,21-22H,4-11H2,1-3H3. The summed E-state index contributed by atoms with van der Waals surface area (Å²) < 4.78 is 0. The molecule has 2 heteroatoms. The van der Waals surface area contributed by atoms with Gasteiger partial charge in [-0.2, -0.15) is 0 Å². The molecule has 0 spiro atoms. The van der Waals surface area contributed by atoms with E-state index in [2.05, 4.69) is 20.8 Å². The highest BCUT2D eigenvalue weighted by Gasteiger charge is 2.61. The van der Waals surface area contributed by atoms with E-state index in [1.165, 1.54) is 32.1 Å². The molecule has 4 rings (SSSR count). The summed E-state index contributed by atoms with van der Waals surface area (Å²) in [5, 5.41) is 21.3. The van der Waals surface area contributed by atoms with E-state index in [9.17, 15) is 10.2 Å². The summed E-state index contributed by atoms with van der Waals surface area (Å²) >= 11 is 0. The Balaban J connectivity index is 1.68. The summed E-state index contributed by atoms with van der Waals surface area (Å²) in [7, 11) is 0. The largest absolute Gasteiger partial charge is 0.393 e. The number of fused-ring (bicyclic) bond motifs is 5. The Labute approximate surface area is 135 Å². The molecule has 0 aromatic rings. The summed E-state index contributed by atoms with van der Waals surface area (Å²) in [5.74, 6) is 3.55. The van der Waals surface area contributed by atoms with Crippen molar-refractivity contribution in [3.63, 3.8) is 0 Å². The number of hydrogen-bond donors (Lipinski definition) is 2. The first-order chi connectivity index (χ1) is 10.4. The van der Waals surface area contributed by atoms with Crippen LogP contribution in [0.2, 0.25) is 0 Å². The topological polar surface area (TPSA) is 40.5 Å². The maximum atomic E-state index is 10.8. The molecule has 2 nitrogen and oxygen atoms in total. The van der Waals surface area contributed by atoms with Crippen molar-refractivity contribution in [1.29, 1.82) is 0 Å². The zero-order chi connectivity index (χ0) is 15.7. The average molecular weight is 306 g/mol. The number of aliphatic hydroxyl groups excluding tert-OH is 2. The van der Waals surface area contributed by atoms with Gasteiger partial charge in [0.2, 0.25) is 0 Å². The fourth-order valence-corrected chi connectivity index (χ4v) is 7.69. The molecule has 8 unspecified atom stereocenters. The van der Waals surface area contributed by atoms with E-state index in [-0.39, 0.29) is 17.6 Å². The van der Waals surface area contributed by atoms with Gasteiger partial charge in [0.05, 0.1) is 12.2 Å². The number of rotatable bonds is 0. The highest BCUT2D eigenvalue weighted by molar-refractivity contribution is 5.10. The second kappa shape index (κ2) is 4.96. The van der Waals surface area contributed by atoms with Gasteiger partial charge >= 0.3 is 0 Å². The lowest BCUT2D eigenvalue weighted by Gasteiger charge is -2.63. The van der Waals surface area contributed by atoms with Gasteiger partial charge in [-0.05, 0) is 85.4 Å². The van der Waals surface area contributed by atoms with Crippen LogP contribution in [-0.4, -0.2) is 22.4 Å². The second-order valence-corrected chi connectivity index (χ2v) is 9.84. The van der Waals surface area contributed by atoms with Crippen LogP contribution >= 0.6 is 0 Å². The first-order valence-corrected chi connectivity index (χ1v) is 9.72. The van der Waals surface area contributed by atoms with Gasteiger partial charge < -0.3 is 10.2 Å². The van der Waals surface area contributed by atoms with Crippen LogP contribution in [0.3, 0.4) is 0 Å². The molecule has 4 aliphatic rings. The van der Waals surface area contributed by atoms with E-state index >= 15 is 0 Å². The monoisotopic (exact) mass is 306 g/mol. The third kappa shape index (κ3) is 1.92. The normalized spacial score (nSPS) is 56.9. The van der Waals surface area contributed by atoms with E-state index < -0.39 is 0 Å². The Bertz CT molecular complexity index is 445. The second-order valence-electron chi connectivity index (χ2n) is 9.84. The van der Waals surface area contributed by atoms with Gasteiger partial charge in [-0.1, -0.05) is 27.2 Å². The summed E-state index contributed by atoms with van der Waals surface area (Å²) in [4.78, 5) is 0. The molecule has 0 bridgehead atoms. The van der Waals surface area contributed by atoms with Gasteiger partial charge in [0, 0.05) is 0 Å². The van der Waals surface area contributed by atoms with Crippen LogP contribution in [0.25, 0.3) is 0 Å². The first-order valence-electron chi connectivity index (χ1n) is 9.72. The van der Waals surface area contributed by atoms with Crippen LogP contribution in [0.5, 0.6) is 0 Å². The molecular weight excluding hydrogens is 272 g/mol. The molecular formula is C20H34O2. The average Bonchev–Trinajstić information content (AvgIpc) is 2.95. The van der Waals surface area contributed by atoms with Crippen LogP contribution in [0.15, 0.2) is 0 Å². The SMILES string of the molecule is CC1(C)C(O)CCC2(C)C3CC(O)C4CCCC4C3CCC12. The van der Waals surface area contributed by atoms with Crippen LogP contribution in [0, 0.1) is 40.4 Å². The maximum absolute atomic E-state index is 10.8. The van der Waals surface area contributed by atoms with E-state index in [4.69, 9.17) is 0 Å². The Kier molecular flexibility index (Phi) is 3.48. The highest BCUT2D eigenvalue weighted by atomic mass is 16.3. The van der Waals surface area contributed by atoms with E-state index in [1.807, 2.05) is 0 Å². The molecule has 0 amide bonds. The molecule has 0 aliphatic heterocycles. The van der Waals surface area contributed by atoms with E-state index in [0.717, 1.165) is 31.1 Å². The zero-order valence-corrected chi connectivity index (χ0v) is 14.6. The Morgan fingerprint density at radius 1 is 0.818 bits per heavy atom. The summed E-state index contributed by atoms with van der Waals surface area (Å²) in [6, 6.07) is 0. The van der Waals surface area contributed by atoms with Crippen LogP contribution in [0.1, 0.15) is 72.1 Å². The van der Waals surface area contributed by atoms with Crippen molar-refractivity contribution in [2.75, 3.05) is 0 Å². The zero-order valence-electron chi connectivity index (χ0n) is 14.6. The molecule has 22 heavy (non-hydrogen) atoms. The van der Waals surface area contributed by atoms with Gasteiger partial charge in [0.1, 0.15) is 0 Å². The minimum Gasteiger partial charge on any atom is -0.393 e. The molecule has 0 heterocycles. The van der Waals surface area contributed by atoms with Crippen molar-refractivity contribution in [3.8, 4) is 0 Å². The minimum atomic E-state index is -0.144. The van der Waals surface area contributed by atoms with Gasteiger partial charge in [-0.3, -0.25) is 0 Å². The van der Waals surface area contributed by atoms with Gasteiger partial charge in [-0.15, -0.1) is 0 Å². The fraction of sp³-hybridized carbons (Fsp3) is 1.00. The van der Waals surface area contributed by atoms with Gasteiger partial charge in [0.25, 0.3) is 0 Å². The van der Waals surface area contributed by atoms with Crippen molar-refractivity contribution in [2.24, 2.45) is 40.4 Å². The van der Waals surface area contributed by atoms with E-state index in [1.54, 1.807) is 0 Å². The Morgan fingerprint density at radius 3 is 2.32 bits per heavy atom. The number of aliphatic hydroxyl groups is 2. The molecule has 4 aliphatic carbocycles. The summed E-state index contributed by atoms with van der Waals surface area (Å²) in [5.41, 5.74) is 0.371. The molecule has 126 valence electrons. The van der Waals surface area contributed by atoms with Crippen molar-refractivity contribution < 1.29 is 10.2 Å². The lowest BCUT2D eigenvalue weighted by Crippen LogP contribution is -2.59. The lowest BCUT2D eigenvalue weighted by molar-refractivity contribution is -0.182. The third-order valence-electron chi connectivity index (χ3n) is 8.83. The number of hydrogen-bond acceptors (Lipinski definition) is 2. The predicted octanol–water partition coefficient (Wildman–Crippen LogP) is 4.00. The van der Waals surface area contributed by atoms with Crippen LogP contribution < -0.4 is 0 Å². The van der Waals surface area contributed by atoms with Crippen LogP contribution in [0.4, 0.5) is 0 Å². The smallest absolute Gasteiger partial charge is 0.0594 e. The highest BCUT2D eigenvalue weighted by Crippen LogP contribution is 2.66. The van der Waals surface area contributed by atoms with Crippen LogP contribution in [-0.2, 0) is 0 Å². The molecule has 4 saturated carbocycles. The Morgan fingerprint density at radius 2 is 1.55 bits per heavy atom. The van der Waals surface area contributed by atoms with Gasteiger partial charge in [-0.25, -0.2) is 0 Å². The fourth-order valence-electron chi connectivity index (χ4n) is 7.69. The lowest BCUT2D eigenvalue weighted by atomic mass is 9.42. The quantitative estimate of drug-likeness (QED) is 0.710. The van der Waals surface area contributed by atoms with Crippen molar-refractivity contribution in [1.82, 2.24) is 0 Å². The third-order valence-corrected chi connectivity index (χ3v) is 8.83. The summed E-state index contributed by atoms with van der Waals surface area (Å²) in [6.45, 7) is 7.08.